The molecule has 148 valence electrons. The van der Waals surface area contributed by atoms with Gasteiger partial charge in [0.1, 0.15) is 23.0 Å². The zero-order chi connectivity index (χ0) is 20.1. The van der Waals surface area contributed by atoms with Gasteiger partial charge < -0.3 is 19.0 Å². The first kappa shape index (κ1) is 18.5. The summed E-state index contributed by atoms with van der Waals surface area (Å²) in [6, 6.07) is 9.33. The van der Waals surface area contributed by atoms with E-state index in [-0.39, 0.29) is 17.4 Å². The van der Waals surface area contributed by atoms with Crippen LogP contribution >= 0.6 is 0 Å². The molecule has 4 rings (SSSR count). The number of nitrogens with one attached hydrogen (secondary N) is 1. The Morgan fingerprint density at radius 1 is 1.29 bits per heavy atom. The summed E-state index contributed by atoms with van der Waals surface area (Å²) in [6.07, 6.45) is -3.64. The highest BCUT2D eigenvalue weighted by atomic mass is 19.4. The number of hydrogen-bond acceptors (Lipinski definition) is 3. The summed E-state index contributed by atoms with van der Waals surface area (Å²) in [5.41, 5.74) is 0.672. The van der Waals surface area contributed by atoms with Crippen molar-refractivity contribution >= 4 is 16.8 Å². The number of hydrogen-bond donors (Lipinski definition) is 1. The predicted molar refractivity (Wildman–Crippen MR) is 96.0 cm³/mol. The van der Waals surface area contributed by atoms with Gasteiger partial charge in [0.2, 0.25) is 0 Å². The minimum absolute atomic E-state index is 0.282. The van der Waals surface area contributed by atoms with Crippen molar-refractivity contribution in [2.24, 2.45) is 5.92 Å². The quantitative estimate of drug-likeness (QED) is 0.661. The first-order valence-corrected chi connectivity index (χ1v) is 8.92. The zero-order valence-corrected chi connectivity index (χ0v) is 15.3. The maximum atomic E-state index is 12.7. The fourth-order valence-electron chi connectivity index (χ4n) is 3.33. The summed E-state index contributed by atoms with van der Waals surface area (Å²) in [5, 5.41) is 0.620. The second-order valence-corrected chi connectivity index (χ2v) is 7.26. The number of aromatic nitrogens is 1. The van der Waals surface area contributed by atoms with Crippen LogP contribution in [-0.4, -0.2) is 29.2 Å². The molecule has 1 aliphatic carbocycles. The monoisotopic (exact) mass is 392 g/mol. The number of H-pyrrole nitrogens is 1. The van der Waals surface area contributed by atoms with Gasteiger partial charge in [-0.05, 0) is 42.7 Å². The van der Waals surface area contributed by atoms with Crippen molar-refractivity contribution in [1.82, 2.24) is 9.88 Å². The lowest BCUT2D eigenvalue weighted by Gasteiger charge is -2.14. The van der Waals surface area contributed by atoms with Crippen molar-refractivity contribution in [3.63, 3.8) is 0 Å². The molecule has 0 aliphatic heterocycles. The van der Waals surface area contributed by atoms with Crippen LogP contribution in [0, 0.1) is 5.92 Å². The Labute approximate surface area is 159 Å². The molecule has 8 heteroatoms. The van der Waals surface area contributed by atoms with Crippen LogP contribution in [0.2, 0.25) is 0 Å². The van der Waals surface area contributed by atoms with Crippen LogP contribution in [0.3, 0.4) is 0 Å². The van der Waals surface area contributed by atoms with Crippen LogP contribution in [0.5, 0.6) is 5.75 Å². The molecule has 1 aromatic carbocycles. The van der Waals surface area contributed by atoms with Crippen LogP contribution in [0.1, 0.15) is 41.3 Å². The van der Waals surface area contributed by atoms with Gasteiger partial charge in [-0.2, -0.15) is 0 Å². The van der Waals surface area contributed by atoms with Gasteiger partial charge in [-0.1, -0.05) is 6.92 Å². The van der Waals surface area contributed by atoms with Gasteiger partial charge in [0.05, 0.1) is 6.54 Å². The Morgan fingerprint density at radius 2 is 2.04 bits per heavy atom. The third-order valence-electron chi connectivity index (χ3n) is 4.95. The van der Waals surface area contributed by atoms with Crippen molar-refractivity contribution in [3.05, 3.63) is 53.6 Å². The van der Waals surface area contributed by atoms with E-state index >= 15 is 0 Å². The lowest BCUT2D eigenvalue weighted by Crippen LogP contribution is -2.26. The van der Waals surface area contributed by atoms with E-state index in [1.54, 1.807) is 13.1 Å². The Bertz CT molecular complexity index is 1020. The van der Waals surface area contributed by atoms with Gasteiger partial charge in [0.25, 0.3) is 5.91 Å². The van der Waals surface area contributed by atoms with Crippen molar-refractivity contribution in [2.45, 2.75) is 32.2 Å². The highest BCUT2D eigenvalue weighted by Crippen LogP contribution is 2.47. The van der Waals surface area contributed by atoms with Gasteiger partial charge in [-0.3, -0.25) is 4.79 Å². The van der Waals surface area contributed by atoms with E-state index in [0.29, 0.717) is 35.0 Å². The molecule has 0 saturated heterocycles. The summed E-state index contributed by atoms with van der Waals surface area (Å²) >= 11 is 0. The maximum Gasteiger partial charge on any atom is 0.573 e. The molecule has 1 saturated carbocycles. The molecule has 3 aromatic rings. The maximum absolute atomic E-state index is 12.7. The number of carbonyl (C=O) groups is 1. The summed E-state index contributed by atoms with van der Waals surface area (Å²) in [7, 11) is 1.65. The lowest BCUT2D eigenvalue weighted by molar-refractivity contribution is -0.274. The van der Waals surface area contributed by atoms with Gasteiger partial charge >= 0.3 is 6.36 Å². The highest BCUT2D eigenvalue weighted by Gasteiger charge is 2.36. The Balaban J connectivity index is 1.47. The minimum atomic E-state index is -4.76. The number of halogens is 3. The third kappa shape index (κ3) is 3.85. The molecule has 0 spiro atoms. The number of amides is 1. The molecule has 0 bridgehead atoms. The topological polar surface area (TPSA) is 58.5 Å². The van der Waals surface area contributed by atoms with Crippen LogP contribution < -0.4 is 4.74 Å². The molecular formula is C20H19F3N2O3. The van der Waals surface area contributed by atoms with Gasteiger partial charge in [-0.25, -0.2) is 0 Å². The molecule has 1 amide bonds. The van der Waals surface area contributed by atoms with E-state index in [1.807, 2.05) is 12.1 Å². The standard InChI is InChI=1S/C20H19F3N2O3/c1-11-7-15(11)18-6-5-14(27-18)10-25(2)19(26)17-8-12-3-4-13(9-16(12)24-17)28-20(21,22)23/h3-6,8-9,11,15,24H,7,10H2,1-2H3/t11-,15+/m1/s1. The predicted octanol–water partition coefficient (Wildman–Crippen LogP) is 5.06. The number of rotatable bonds is 5. The highest BCUT2D eigenvalue weighted by molar-refractivity contribution is 5.98. The summed E-state index contributed by atoms with van der Waals surface area (Å²) in [4.78, 5) is 17.0. The van der Waals surface area contributed by atoms with Crippen LogP contribution in [-0.2, 0) is 6.54 Å². The second-order valence-electron chi connectivity index (χ2n) is 7.26. The fourth-order valence-corrected chi connectivity index (χ4v) is 3.33. The van der Waals surface area contributed by atoms with E-state index in [4.69, 9.17) is 4.42 Å². The van der Waals surface area contributed by atoms with Crippen LogP contribution in [0.4, 0.5) is 13.2 Å². The van der Waals surface area contributed by atoms with Gasteiger partial charge in [0, 0.05) is 29.9 Å². The molecule has 1 aliphatic rings. The fraction of sp³-hybridized carbons (Fsp3) is 0.350. The van der Waals surface area contributed by atoms with Crippen molar-refractivity contribution in [1.29, 1.82) is 0 Å². The number of aromatic amines is 1. The Morgan fingerprint density at radius 3 is 2.71 bits per heavy atom. The average molecular weight is 392 g/mol. The Kier molecular flexibility index (Phi) is 4.36. The number of furan rings is 1. The number of nitrogens with zero attached hydrogens (tertiary/aromatic N) is 1. The van der Waals surface area contributed by atoms with E-state index in [9.17, 15) is 18.0 Å². The number of ether oxygens (including phenoxy) is 1. The first-order chi connectivity index (χ1) is 13.2. The number of alkyl halides is 3. The number of fused-ring (bicyclic) bond motifs is 1. The number of benzene rings is 1. The molecule has 28 heavy (non-hydrogen) atoms. The summed E-state index contributed by atoms with van der Waals surface area (Å²) in [6.45, 7) is 2.47. The second kappa shape index (κ2) is 6.61. The summed E-state index contributed by atoms with van der Waals surface area (Å²) in [5.74, 6) is 2.12. The zero-order valence-electron chi connectivity index (χ0n) is 15.3. The molecule has 2 aromatic heterocycles. The van der Waals surface area contributed by atoms with E-state index in [1.165, 1.54) is 23.1 Å². The normalized spacial score (nSPS) is 19.0. The van der Waals surface area contributed by atoms with E-state index in [2.05, 4.69) is 16.6 Å². The van der Waals surface area contributed by atoms with E-state index < -0.39 is 6.36 Å². The molecule has 5 nitrogen and oxygen atoms in total. The van der Waals surface area contributed by atoms with Gasteiger partial charge in [-0.15, -0.1) is 13.2 Å². The number of carbonyl (C=O) groups excluding carboxylic acids is 1. The molecule has 2 heterocycles. The van der Waals surface area contributed by atoms with Crippen molar-refractivity contribution in [3.8, 4) is 5.75 Å². The molecule has 1 fully saturated rings. The van der Waals surface area contributed by atoms with E-state index in [0.717, 1.165) is 12.2 Å². The molecular weight excluding hydrogens is 373 g/mol. The smallest absolute Gasteiger partial charge is 0.464 e. The molecule has 1 N–H and O–H groups in total. The van der Waals surface area contributed by atoms with Crippen LogP contribution in [0.25, 0.3) is 10.9 Å². The lowest BCUT2D eigenvalue weighted by atomic mass is 10.2. The molecule has 0 radical (unpaired) electrons. The summed E-state index contributed by atoms with van der Waals surface area (Å²) < 4.78 is 46.8. The SMILES string of the molecule is C[C@@H]1C[C@@H]1c1ccc(CN(C)C(=O)c2cc3ccc(OC(F)(F)F)cc3[nH]2)o1. The average Bonchev–Trinajstić information content (AvgIpc) is 3.02. The molecule has 2 atom stereocenters. The minimum Gasteiger partial charge on any atom is -0.464 e. The molecule has 0 unspecified atom stereocenters. The van der Waals surface area contributed by atoms with Crippen molar-refractivity contribution in [2.75, 3.05) is 7.05 Å². The first-order valence-electron chi connectivity index (χ1n) is 8.92. The largest absolute Gasteiger partial charge is 0.573 e. The Hall–Kier alpha value is -2.90. The van der Waals surface area contributed by atoms with Gasteiger partial charge in [0.15, 0.2) is 0 Å². The van der Waals surface area contributed by atoms with Crippen molar-refractivity contribution < 1.29 is 27.1 Å². The van der Waals surface area contributed by atoms with Crippen LogP contribution in [0.15, 0.2) is 40.8 Å². The third-order valence-corrected chi connectivity index (χ3v) is 4.95.